The van der Waals surface area contributed by atoms with Gasteiger partial charge in [0.05, 0.1) is 5.56 Å². The van der Waals surface area contributed by atoms with Gasteiger partial charge in [-0.3, -0.25) is 0 Å². The molecule has 5 heteroatoms. The topological polar surface area (TPSA) is 52.3 Å². The average Bonchev–Trinajstić information content (AvgIpc) is 2.39. The van der Waals surface area contributed by atoms with E-state index in [0.717, 1.165) is 11.6 Å². The monoisotopic (exact) mass is 279 g/mol. The maximum Gasteiger partial charge on any atom is 0.340 e. The fourth-order valence-electron chi connectivity index (χ4n) is 1.56. The van der Waals surface area contributed by atoms with Gasteiger partial charge in [-0.25, -0.2) is 9.18 Å². The van der Waals surface area contributed by atoms with Crippen LogP contribution in [0.25, 0.3) is 0 Å². The van der Waals surface area contributed by atoms with Crippen molar-refractivity contribution in [1.29, 1.82) is 0 Å². The van der Waals surface area contributed by atoms with Crippen molar-refractivity contribution in [3.8, 4) is 0 Å². The highest BCUT2D eigenvalue weighted by atomic mass is 35.5. The summed E-state index contributed by atoms with van der Waals surface area (Å²) in [6, 6.07) is 10.5. The van der Waals surface area contributed by atoms with Crippen molar-refractivity contribution < 1.29 is 13.9 Å². The van der Waals surface area contributed by atoms with Crippen LogP contribution in [0, 0.1) is 5.82 Å². The smallest absolute Gasteiger partial charge is 0.340 e. The highest BCUT2D eigenvalue weighted by Crippen LogP contribution is 2.16. The standard InChI is InChI=1S/C14H11ClFNO2/c15-10-3-1-2-9(6-10)8-19-14(18)12-7-11(16)4-5-13(12)17/h1-7H,8,17H2. The molecule has 0 spiro atoms. The van der Waals surface area contributed by atoms with E-state index in [9.17, 15) is 9.18 Å². The molecule has 0 unspecified atom stereocenters. The second-order valence-electron chi connectivity index (χ2n) is 3.94. The molecule has 19 heavy (non-hydrogen) atoms. The maximum atomic E-state index is 13.0. The molecule has 2 aromatic carbocycles. The molecule has 2 rings (SSSR count). The molecule has 0 aliphatic carbocycles. The number of halogens is 2. The van der Waals surface area contributed by atoms with Crippen molar-refractivity contribution in [2.24, 2.45) is 0 Å². The van der Waals surface area contributed by atoms with Gasteiger partial charge in [0.25, 0.3) is 0 Å². The van der Waals surface area contributed by atoms with Crippen LogP contribution in [0.3, 0.4) is 0 Å². The first kappa shape index (κ1) is 13.4. The summed E-state index contributed by atoms with van der Waals surface area (Å²) in [6.45, 7) is 0.0509. The van der Waals surface area contributed by atoms with Crippen molar-refractivity contribution in [3.63, 3.8) is 0 Å². The largest absolute Gasteiger partial charge is 0.457 e. The van der Waals surface area contributed by atoms with Gasteiger partial charge in [0.2, 0.25) is 0 Å². The molecular formula is C14H11ClFNO2. The lowest BCUT2D eigenvalue weighted by Gasteiger charge is -2.07. The molecule has 0 radical (unpaired) electrons. The quantitative estimate of drug-likeness (QED) is 0.692. The number of rotatable bonds is 3. The van der Waals surface area contributed by atoms with Gasteiger partial charge in [-0.15, -0.1) is 0 Å². The second kappa shape index (κ2) is 5.71. The molecule has 0 saturated heterocycles. The molecular weight excluding hydrogens is 269 g/mol. The number of benzene rings is 2. The summed E-state index contributed by atoms with van der Waals surface area (Å²) in [5.41, 5.74) is 6.53. The van der Waals surface area contributed by atoms with Gasteiger partial charge in [-0.2, -0.15) is 0 Å². The number of hydrogen-bond donors (Lipinski definition) is 1. The van der Waals surface area contributed by atoms with Crippen LogP contribution in [-0.2, 0) is 11.3 Å². The summed E-state index contributed by atoms with van der Waals surface area (Å²) in [4.78, 5) is 11.8. The van der Waals surface area contributed by atoms with E-state index in [1.807, 2.05) is 0 Å². The highest BCUT2D eigenvalue weighted by molar-refractivity contribution is 6.30. The number of esters is 1. The third-order valence-corrected chi connectivity index (χ3v) is 2.73. The lowest BCUT2D eigenvalue weighted by Crippen LogP contribution is -2.08. The predicted octanol–water partition coefficient (Wildman–Crippen LogP) is 3.42. The number of carbonyl (C=O) groups excluding carboxylic acids is 1. The van der Waals surface area contributed by atoms with E-state index in [-0.39, 0.29) is 17.9 Å². The fourth-order valence-corrected chi connectivity index (χ4v) is 1.77. The molecule has 0 atom stereocenters. The fraction of sp³-hybridized carbons (Fsp3) is 0.0714. The third kappa shape index (κ3) is 3.45. The summed E-state index contributed by atoms with van der Waals surface area (Å²) in [6.07, 6.45) is 0. The Hall–Kier alpha value is -2.07. The lowest BCUT2D eigenvalue weighted by atomic mass is 10.2. The summed E-state index contributed by atoms with van der Waals surface area (Å²) >= 11 is 5.81. The number of carbonyl (C=O) groups is 1. The van der Waals surface area contributed by atoms with E-state index in [4.69, 9.17) is 22.1 Å². The van der Waals surface area contributed by atoms with Crippen LogP contribution < -0.4 is 5.73 Å². The van der Waals surface area contributed by atoms with Crippen molar-refractivity contribution in [2.45, 2.75) is 6.61 Å². The molecule has 2 N–H and O–H groups in total. The van der Waals surface area contributed by atoms with Gasteiger partial charge in [-0.05, 0) is 35.9 Å². The number of ether oxygens (including phenoxy) is 1. The maximum absolute atomic E-state index is 13.0. The normalized spacial score (nSPS) is 10.2. The van der Waals surface area contributed by atoms with Crippen LogP contribution in [0.2, 0.25) is 5.02 Å². The molecule has 0 bridgehead atoms. The van der Waals surface area contributed by atoms with E-state index in [1.165, 1.54) is 12.1 Å². The third-order valence-electron chi connectivity index (χ3n) is 2.49. The SMILES string of the molecule is Nc1ccc(F)cc1C(=O)OCc1cccc(Cl)c1. The Balaban J connectivity index is 2.07. The number of hydrogen-bond acceptors (Lipinski definition) is 3. The first-order valence-electron chi connectivity index (χ1n) is 5.53. The van der Waals surface area contributed by atoms with E-state index in [0.29, 0.717) is 5.02 Å². The van der Waals surface area contributed by atoms with E-state index in [1.54, 1.807) is 24.3 Å². The van der Waals surface area contributed by atoms with Gasteiger partial charge in [0.15, 0.2) is 0 Å². The Morgan fingerprint density at radius 2 is 2.05 bits per heavy atom. The van der Waals surface area contributed by atoms with Crippen LogP contribution in [0.15, 0.2) is 42.5 Å². The summed E-state index contributed by atoms with van der Waals surface area (Å²) in [7, 11) is 0. The zero-order chi connectivity index (χ0) is 13.8. The van der Waals surface area contributed by atoms with Crippen LogP contribution in [-0.4, -0.2) is 5.97 Å². The van der Waals surface area contributed by atoms with Crippen molar-refractivity contribution >= 4 is 23.3 Å². The van der Waals surface area contributed by atoms with E-state index < -0.39 is 11.8 Å². The van der Waals surface area contributed by atoms with Gasteiger partial charge >= 0.3 is 5.97 Å². The van der Waals surface area contributed by atoms with Gasteiger partial charge in [0, 0.05) is 10.7 Å². The van der Waals surface area contributed by atoms with Crippen LogP contribution in [0.1, 0.15) is 15.9 Å². The zero-order valence-electron chi connectivity index (χ0n) is 9.90. The van der Waals surface area contributed by atoms with Crippen molar-refractivity contribution in [2.75, 3.05) is 5.73 Å². The highest BCUT2D eigenvalue weighted by Gasteiger charge is 2.12. The molecule has 0 aliphatic heterocycles. The Kier molecular flexibility index (Phi) is 4.02. The van der Waals surface area contributed by atoms with E-state index in [2.05, 4.69) is 0 Å². The number of anilines is 1. The molecule has 0 aromatic heterocycles. The van der Waals surface area contributed by atoms with Gasteiger partial charge in [-0.1, -0.05) is 23.7 Å². The van der Waals surface area contributed by atoms with Crippen LogP contribution in [0.5, 0.6) is 0 Å². The number of nitrogens with two attached hydrogens (primary N) is 1. The Labute approximate surface area is 114 Å². The van der Waals surface area contributed by atoms with Crippen LogP contribution >= 0.6 is 11.6 Å². The summed E-state index contributed by atoms with van der Waals surface area (Å²) < 4.78 is 18.1. The molecule has 2 aromatic rings. The molecule has 0 aliphatic rings. The predicted molar refractivity (Wildman–Crippen MR) is 71.4 cm³/mol. The molecule has 0 amide bonds. The Bertz CT molecular complexity index is 616. The lowest BCUT2D eigenvalue weighted by molar-refractivity contribution is 0.0473. The molecule has 98 valence electrons. The summed E-state index contributed by atoms with van der Waals surface area (Å²) in [5.74, 6) is -1.21. The number of nitrogen functional groups attached to an aromatic ring is 1. The zero-order valence-corrected chi connectivity index (χ0v) is 10.7. The Morgan fingerprint density at radius 1 is 1.26 bits per heavy atom. The minimum atomic E-state index is -0.669. The van der Waals surface area contributed by atoms with Crippen molar-refractivity contribution in [1.82, 2.24) is 0 Å². The van der Waals surface area contributed by atoms with Gasteiger partial charge < -0.3 is 10.5 Å². The Morgan fingerprint density at radius 3 is 2.79 bits per heavy atom. The average molecular weight is 280 g/mol. The minimum Gasteiger partial charge on any atom is -0.457 e. The molecule has 3 nitrogen and oxygen atoms in total. The molecule has 0 fully saturated rings. The first-order valence-corrected chi connectivity index (χ1v) is 5.90. The first-order chi connectivity index (χ1) is 9.06. The van der Waals surface area contributed by atoms with Gasteiger partial charge in [0.1, 0.15) is 12.4 Å². The minimum absolute atomic E-state index is 0.0158. The van der Waals surface area contributed by atoms with E-state index >= 15 is 0 Å². The van der Waals surface area contributed by atoms with Crippen molar-refractivity contribution in [3.05, 3.63) is 64.4 Å². The molecule has 0 saturated carbocycles. The van der Waals surface area contributed by atoms with Crippen LogP contribution in [0.4, 0.5) is 10.1 Å². The summed E-state index contributed by atoms with van der Waals surface area (Å²) in [5, 5.41) is 0.554. The second-order valence-corrected chi connectivity index (χ2v) is 4.37. The molecule has 0 heterocycles.